The fraction of sp³-hybridized carbons (Fsp3) is 0.519. The van der Waals surface area contributed by atoms with Gasteiger partial charge in [0.05, 0.1) is 23.3 Å². The number of fused-ring (bicyclic) bond motifs is 2. The molecule has 2 heterocycles. The molecule has 0 radical (unpaired) electrons. The Kier molecular flexibility index (Phi) is 9.09. The molecule has 0 atom stereocenters. The molecule has 0 aliphatic carbocycles. The largest absolute Gasteiger partial charge is 0.492 e. The number of likely N-dealkylation sites (tertiary alicyclic amines) is 1. The van der Waals surface area contributed by atoms with Gasteiger partial charge in [-0.05, 0) is 63.5 Å². The summed E-state index contributed by atoms with van der Waals surface area (Å²) in [6, 6.07) is 9.40. The Hall–Kier alpha value is -1.66. The van der Waals surface area contributed by atoms with Gasteiger partial charge in [0.2, 0.25) is 0 Å². The average molecular weight is 541 g/mol. The number of carbonyl (C=O) groups is 1. The number of ether oxygens (including phenoxy) is 3. The van der Waals surface area contributed by atoms with Crippen LogP contribution in [0.5, 0.6) is 11.5 Å². The van der Waals surface area contributed by atoms with E-state index in [-0.39, 0.29) is 18.0 Å². The molecule has 0 aromatic heterocycles. The molecule has 0 amide bonds. The zero-order chi connectivity index (χ0) is 24.8. The van der Waals surface area contributed by atoms with Gasteiger partial charge >= 0.3 is 5.97 Å². The second-order valence-corrected chi connectivity index (χ2v) is 10.6. The van der Waals surface area contributed by atoms with Gasteiger partial charge in [-0.2, -0.15) is 0 Å². The SMILES string of the molecule is CCCCOC(=O)CCCN1CCC2(CC1)COc1cc(OCc3c(Cl)cc(Cl)cc3Cl)ccc12. The quantitative estimate of drug-likeness (QED) is 0.238. The van der Waals surface area contributed by atoms with Crippen molar-refractivity contribution >= 4 is 40.8 Å². The summed E-state index contributed by atoms with van der Waals surface area (Å²) in [5, 5.41) is 1.47. The van der Waals surface area contributed by atoms with Crippen LogP contribution in [-0.4, -0.2) is 43.7 Å². The second-order valence-electron chi connectivity index (χ2n) is 9.38. The van der Waals surface area contributed by atoms with Gasteiger partial charge in [-0.15, -0.1) is 0 Å². The smallest absolute Gasteiger partial charge is 0.305 e. The minimum atomic E-state index is -0.0799. The van der Waals surface area contributed by atoms with Crippen molar-refractivity contribution in [1.82, 2.24) is 4.90 Å². The number of halogens is 3. The van der Waals surface area contributed by atoms with Crippen LogP contribution >= 0.6 is 34.8 Å². The van der Waals surface area contributed by atoms with Gasteiger partial charge in [-0.3, -0.25) is 4.79 Å². The highest BCUT2D eigenvalue weighted by atomic mass is 35.5. The Morgan fingerprint density at radius 2 is 1.83 bits per heavy atom. The summed E-state index contributed by atoms with van der Waals surface area (Å²) in [5.41, 5.74) is 2.01. The lowest BCUT2D eigenvalue weighted by Gasteiger charge is -2.38. The third-order valence-corrected chi connectivity index (χ3v) is 7.84. The van der Waals surface area contributed by atoms with Gasteiger partial charge in [-0.1, -0.05) is 54.2 Å². The number of unbranched alkanes of at least 4 members (excludes halogenated alkanes) is 1. The molecule has 1 fully saturated rings. The summed E-state index contributed by atoms with van der Waals surface area (Å²) in [5.74, 6) is 1.52. The van der Waals surface area contributed by atoms with Gasteiger partial charge in [-0.25, -0.2) is 0 Å². The maximum Gasteiger partial charge on any atom is 0.305 e. The minimum Gasteiger partial charge on any atom is -0.492 e. The molecule has 4 rings (SSSR count). The van der Waals surface area contributed by atoms with E-state index in [0.29, 0.717) is 46.0 Å². The van der Waals surface area contributed by atoms with E-state index < -0.39 is 0 Å². The molecule has 190 valence electrons. The van der Waals surface area contributed by atoms with Crippen molar-refractivity contribution in [2.45, 2.75) is 57.5 Å². The molecule has 5 nitrogen and oxygen atoms in total. The zero-order valence-corrected chi connectivity index (χ0v) is 22.4. The molecule has 2 aliphatic rings. The van der Waals surface area contributed by atoms with Crippen molar-refractivity contribution in [3.63, 3.8) is 0 Å². The molecule has 0 unspecified atom stereocenters. The summed E-state index contributed by atoms with van der Waals surface area (Å²) in [7, 11) is 0. The molecule has 1 saturated heterocycles. The molecule has 1 spiro atoms. The molecule has 2 aromatic rings. The number of hydrogen-bond acceptors (Lipinski definition) is 5. The van der Waals surface area contributed by atoms with Crippen molar-refractivity contribution in [2.75, 3.05) is 32.8 Å². The predicted molar refractivity (Wildman–Crippen MR) is 140 cm³/mol. The van der Waals surface area contributed by atoms with E-state index >= 15 is 0 Å². The predicted octanol–water partition coefficient (Wildman–Crippen LogP) is 7.08. The van der Waals surface area contributed by atoms with Gasteiger partial charge in [0, 0.05) is 34.1 Å². The van der Waals surface area contributed by atoms with Gasteiger partial charge in [0.15, 0.2) is 0 Å². The minimum absolute atomic E-state index is 0.0479. The van der Waals surface area contributed by atoms with Crippen molar-refractivity contribution in [2.24, 2.45) is 0 Å². The number of rotatable bonds is 10. The average Bonchev–Trinajstić information content (AvgIpc) is 3.17. The summed E-state index contributed by atoms with van der Waals surface area (Å²) in [6.07, 6.45) is 5.38. The monoisotopic (exact) mass is 539 g/mol. The van der Waals surface area contributed by atoms with Crippen LogP contribution in [0.1, 0.15) is 56.6 Å². The molecule has 2 aromatic carbocycles. The number of carbonyl (C=O) groups excluding carboxylic acids is 1. The standard InChI is InChI=1S/C27H32Cl3NO4/c1-2-3-13-33-26(32)5-4-10-31-11-8-27(9-12-31)18-35-25-16-20(6-7-22(25)27)34-17-21-23(29)14-19(28)15-24(21)30/h6-7,14-16H,2-5,8-13,17-18H2,1H3. The summed E-state index contributed by atoms with van der Waals surface area (Å²) in [6.45, 7) is 6.50. The van der Waals surface area contributed by atoms with Crippen molar-refractivity contribution in [3.8, 4) is 11.5 Å². The fourth-order valence-corrected chi connectivity index (χ4v) is 5.70. The van der Waals surface area contributed by atoms with Crippen LogP contribution in [-0.2, 0) is 21.6 Å². The van der Waals surface area contributed by atoms with E-state index in [0.717, 1.165) is 57.5 Å². The number of benzene rings is 2. The Balaban J connectivity index is 1.28. The first-order valence-corrected chi connectivity index (χ1v) is 13.4. The topological polar surface area (TPSA) is 48.0 Å². The van der Waals surface area contributed by atoms with Crippen molar-refractivity contribution < 1.29 is 19.0 Å². The van der Waals surface area contributed by atoms with Crippen LogP contribution in [0.2, 0.25) is 15.1 Å². The number of nitrogens with zero attached hydrogens (tertiary/aromatic N) is 1. The van der Waals surface area contributed by atoms with Gasteiger partial charge in [0.1, 0.15) is 18.1 Å². The van der Waals surface area contributed by atoms with E-state index in [1.54, 1.807) is 12.1 Å². The highest BCUT2D eigenvalue weighted by molar-refractivity contribution is 6.39. The van der Waals surface area contributed by atoms with Crippen LogP contribution in [0, 0.1) is 0 Å². The van der Waals surface area contributed by atoms with Crippen LogP contribution in [0.25, 0.3) is 0 Å². The molecule has 8 heteroatoms. The molecule has 2 aliphatic heterocycles. The van der Waals surface area contributed by atoms with Gasteiger partial charge in [0.25, 0.3) is 0 Å². The maximum atomic E-state index is 11.8. The lowest BCUT2D eigenvalue weighted by Crippen LogP contribution is -2.43. The first kappa shape index (κ1) is 26.4. The van der Waals surface area contributed by atoms with Crippen LogP contribution in [0.4, 0.5) is 0 Å². The van der Waals surface area contributed by atoms with E-state index in [1.165, 1.54) is 5.56 Å². The maximum absolute atomic E-state index is 11.8. The molecule has 0 bridgehead atoms. The lowest BCUT2D eigenvalue weighted by atomic mass is 9.74. The van der Waals surface area contributed by atoms with Gasteiger partial charge < -0.3 is 19.1 Å². The van der Waals surface area contributed by atoms with E-state index in [2.05, 4.69) is 17.9 Å². The summed E-state index contributed by atoms with van der Waals surface area (Å²) in [4.78, 5) is 14.3. The number of esters is 1. The Labute approximate surface area is 222 Å². The third-order valence-electron chi connectivity index (χ3n) is 6.95. The zero-order valence-electron chi connectivity index (χ0n) is 20.1. The molecular formula is C27H32Cl3NO4. The van der Waals surface area contributed by atoms with E-state index in [4.69, 9.17) is 49.0 Å². The Morgan fingerprint density at radius 1 is 1.09 bits per heavy atom. The number of hydrogen-bond donors (Lipinski definition) is 0. The molecular weight excluding hydrogens is 509 g/mol. The highest BCUT2D eigenvalue weighted by Gasteiger charge is 2.43. The summed E-state index contributed by atoms with van der Waals surface area (Å²) < 4.78 is 17.3. The normalized spacial score (nSPS) is 16.7. The van der Waals surface area contributed by atoms with E-state index in [9.17, 15) is 4.79 Å². The third kappa shape index (κ3) is 6.56. The Morgan fingerprint density at radius 3 is 2.54 bits per heavy atom. The summed E-state index contributed by atoms with van der Waals surface area (Å²) >= 11 is 18.5. The fourth-order valence-electron chi connectivity index (χ4n) is 4.78. The molecule has 0 saturated carbocycles. The first-order chi connectivity index (χ1) is 16.9. The van der Waals surface area contributed by atoms with Crippen molar-refractivity contribution in [1.29, 1.82) is 0 Å². The Bertz CT molecular complexity index is 1010. The van der Waals surface area contributed by atoms with E-state index in [1.807, 2.05) is 12.1 Å². The second kappa shape index (κ2) is 12.1. The lowest BCUT2D eigenvalue weighted by molar-refractivity contribution is -0.143. The van der Waals surface area contributed by atoms with Crippen LogP contribution in [0.15, 0.2) is 30.3 Å². The first-order valence-electron chi connectivity index (χ1n) is 12.3. The molecule has 35 heavy (non-hydrogen) atoms. The number of piperidine rings is 1. The molecule has 0 N–H and O–H groups in total. The van der Waals surface area contributed by atoms with Crippen LogP contribution in [0.3, 0.4) is 0 Å². The van der Waals surface area contributed by atoms with Crippen molar-refractivity contribution in [3.05, 3.63) is 56.5 Å². The highest BCUT2D eigenvalue weighted by Crippen LogP contribution is 2.46. The van der Waals surface area contributed by atoms with Crippen LogP contribution < -0.4 is 9.47 Å².